The Morgan fingerprint density at radius 3 is 2.62 bits per heavy atom. The summed E-state index contributed by atoms with van der Waals surface area (Å²) in [6.07, 6.45) is 20.8. The van der Waals surface area contributed by atoms with E-state index in [2.05, 4.69) is 48.6 Å². The van der Waals surface area contributed by atoms with Crippen LogP contribution in [0.15, 0.2) is 79.1 Å². The quantitative estimate of drug-likeness (QED) is 0.567. The van der Waals surface area contributed by atoms with Crippen molar-refractivity contribution in [2.75, 3.05) is 6.61 Å². The highest BCUT2D eigenvalue weighted by Gasteiger charge is 2.20. The van der Waals surface area contributed by atoms with Gasteiger partial charge >= 0.3 is 0 Å². The monoisotopic (exact) mass is 340 g/mol. The fraction of sp³-hybridized carbons (Fsp3) is 0.200. The molecule has 0 N–H and O–H groups in total. The number of allylic oxidation sites excluding steroid dienone is 5. The van der Waals surface area contributed by atoms with Crippen molar-refractivity contribution in [1.29, 1.82) is 0 Å². The van der Waals surface area contributed by atoms with Gasteiger partial charge in [-0.1, -0.05) is 66.8 Å². The number of hydrogen-bond acceptors (Lipinski definition) is 1. The van der Waals surface area contributed by atoms with Gasteiger partial charge in [-0.25, -0.2) is 0 Å². The first-order valence-corrected chi connectivity index (χ1v) is 9.43. The van der Waals surface area contributed by atoms with Crippen LogP contribution in [0.2, 0.25) is 0 Å². The summed E-state index contributed by atoms with van der Waals surface area (Å²) >= 11 is 0. The Bertz CT molecular complexity index is 880. The molecule has 5 rings (SSSR count). The van der Waals surface area contributed by atoms with E-state index < -0.39 is 0 Å². The second-order valence-corrected chi connectivity index (χ2v) is 6.73. The number of ether oxygens (including phenoxy) is 1. The zero-order valence-electron chi connectivity index (χ0n) is 15.0. The van der Waals surface area contributed by atoms with E-state index in [1.54, 1.807) is 17.4 Å². The number of hydrogen-bond donors (Lipinski definition) is 0. The Kier molecular flexibility index (Phi) is 5.16. The zero-order chi connectivity index (χ0) is 17.6. The Morgan fingerprint density at radius 2 is 1.62 bits per heavy atom. The van der Waals surface area contributed by atoms with Gasteiger partial charge in [-0.2, -0.15) is 0 Å². The number of fused-ring (bicyclic) bond motifs is 5. The van der Waals surface area contributed by atoms with Crippen molar-refractivity contribution in [2.24, 2.45) is 0 Å². The van der Waals surface area contributed by atoms with E-state index in [-0.39, 0.29) is 0 Å². The van der Waals surface area contributed by atoms with E-state index in [9.17, 15) is 0 Å². The first-order valence-electron chi connectivity index (χ1n) is 9.43. The molecule has 2 aliphatic carbocycles. The molecule has 26 heavy (non-hydrogen) atoms. The van der Waals surface area contributed by atoms with Gasteiger partial charge < -0.3 is 4.74 Å². The van der Waals surface area contributed by atoms with Crippen molar-refractivity contribution in [3.05, 3.63) is 101 Å². The molecule has 1 heteroatoms. The topological polar surface area (TPSA) is 9.23 Å². The molecule has 2 aromatic carbocycles. The van der Waals surface area contributed by atoms with E-state index in [0.29, 0.717) is 6.61 Å². The van der Waals surface area contributed by atoms with Crippen LogP contribution in [0.4, 0.5) is 0 Å². The maximum absolute atomic E-state index is 4.96. The number of aryl methyl sites for hydroxylation is 1. The average molecular weight is 340 g/mol. The van der Waals surface area contributed by atoms with E-state index in [0.717, 1.165) is 0 Å². The summed E-state index contributed by atoms with van der Waals surface area (Å²) < 4.78 is 4.96. The van der Waals surface area contributed by atoms with Gasteiger partial charge in [-0.05, 0) is 71.2 Å². The molecule has 0 unspecified atom stereocenters. The average Bonchev–Trinajstić information content (AvgIpc) is 2.67. The predicted molar refractivity (Wildman–Crippen MR) is 110 cm³/mol. The molecule has 0 amide bonds. The van der Waals surface area contributed by atoms with Crippen molar-refractivity contribution < 1.29 is 4.74 Å². The molecule has 0 aromatic heterocycles. The summed E-state index contributed by atoms with van der Waals surface area (Å²) in [5.74, 6) is 0. The second-order valence-electron chi connectivity index (χ2n) is 6.73. The van der Waals surface area contributed by atoms with Crippen LogP contribution in [0.5, 0.6) is 0 Å². The van der Waals surface area contributed by atoms with Crippen LogP contribution < -0.4 is 0 Å². The predicted octanol–water partition coefficient (Wildman–Crippen LogP) is 6.05. The molecule has 0 spiro atoms. The highest BCUT2D eigenvalue weighted by Crippen LogP contribution is 2.38. The summed E-state index contributed by atoms with van der Waals surface area (Å²) in [6, 6.07) is 13.5. The standard InChI is InChI=1S/C18H16.C7H8O/c1-3-7-15-13(5-1)9-11-18-16-8-4-2-6-14(16)10-12-17(15)18;1-2-4-6-8-7-5-3-1/h1-3,5-7,10,12H,4,8-9,11H2;1-6H,7H2. The SMILES string of the molecule is C1=CC=COCC=C1.C1=Cc2ccc3c(c2CC1)CCc1ccccc1-3. The molecule has 0 saturated heterocycles. The lowest BCUT2D eigenvalue weighted by Gasteiger charge is -2.25. The van der Waals surface area contributed by atoms with Crippen molar-refractivity contribution >= 4 is 6.08 Å². The third-order valence-corrected chi connectivity index (χ3v) is 5.11. The molecule has 3 aliphatic rings. The van der Waals surface area contributed by atoms with Crippen LogP contribution in [0.1, 0.15) is 28.7 Å². The van der Waals surface area contributed by atoms with Gasteiger partial charge in [-0.3, -0.25) is 0 Å². The third-order valence-electron chi connectivity index (χ3n) is 5.11. The molecule has 1 aliphatic heterocycles. The normalized spacial score (nSPS) is 16.2. The maximum Gasteiger partial charge on any atom is 0.106 e. The molecule has 0 atom stereocenters. The van der Waals surface area contributed by atoms with Crippen LogP contribution in [0.3, 0.4) is 0 Å². The lowest BCUT2D eigenvalue weighted by atomic mass is 9.80. The van der Waals surface area contributed by atoms with Gasteiger partial charge in [0.2, 0.25) is 0 Å². The van der Waals surface area contributed by atoms with E-state index in [1.807, 2.05) is 30.4 Å². The number of benzene rings is 2. The Morgan fingerprint density at radius 1 is 0.692 bits per heavy atom. The van der Waals surface area contributed by atoms with Gasteiger partial charge in [0, 0.05) is 0 Å². The third kappa shape index (κ3) is 3.57. The second kappa shape index (κ2) is 8.05. The number of rotatable bonds is 0. The fourth-order valence-electron chi connectivity index (χ4n) is 3.87. The molecule has 1 nitrogen and oxygen atoms in total. The highest BCUT2D eigenvalue weighted by atomic mass is 16.5. The molecule has 0 fully saturated rings. The van der Waals surface area contributed by atoms with E-state index in [1.165, 1.54) is 47.9 Å². The minimum Gasteiger partial charge on any atom is -0.497 e. The largest absolute Gasteiger partial charge is 0.497 e. The highest BCUT2D eigenvalue weighted by molar-refractivity contribution is 5.77. The van der Waals surface area contributed by atoms with Gasteiger partial charge in [0.1, 0.15) is 6.61 Å². The molecule has 130 valence electrons. The molecule has 0 bridgehead atoms. The van der Waals surface area contributed by atoms with E-state index >= 15 is 0 Å². The van der Waals surface area contributed by atoms with Crippen molar-refractivity contribution in [3.8, 4) is 11.1 Å². The lowest BCUT2D eigenvalue weighted by molar-refractivity contribution is 0.289. The summed E-state index contributed by atoms with van der Waals surface area (Å²) in [6.45, 7) is 0.681. The minimum atomic E-state index is 0.681. The summed E-state index contributed by atoms with van der Waals surface area (Å²) in [4.78, 5) is 0. The zero-order valence-corrected chi connectivity index (χ0v) is 15.0. The Hall–Kier alpha value is -2.80. The first kappa shape index (κ1) is 16.7. The summed E-state index contributed by atoms with van der Waals surface area (Å²) in [5, 5.41) is 0. The molecule has 2 aromatic rings. The van der Waals surface area contributed by atoms with Crippen LogP contribution >= 0.6 is 0 Å². The van der Waals surface area contributed by atoms with E-state index in [4.69, 9.17) is 4.74 Å². The summed E-state index contributed by atoms with van der Waals surface area (Å²) in [7, 11) is 0. The Labute approximate surface area is 156 Å². The van der Waals surface area contributed by atoms with Gasteiger partial charge in [-0.15, -0.1) is 0 Å². The van der Waals surface area contributed by atoms with Crippen LogP contribution in [0, 0.1) is 0 Å². The minimum absolute atomic E-state index is 0.681. The van der Waals surface area contributed by atoms with Crippen LogP contribution in [-0.4, -0.2) is 6.61 Å². The van der Waals surface area contributed by atoms with Crippen molar-refractivity contribution in [2.45, 2.75) is 25.7 Å². The Balaban J connectivity index is 0.000000178. The van der Waals surface area contributed by atoms with Crippen LogP contribution in [0.25, 0.3) is 17.2 Å². The molecule has 1 heterocycles. The van der Waals surface area contributed by atoms with Crippen molar-refractivity contribution in [1.82, 2.24) is 0 Å². The van der Waals surface area contributed by atoms with Gasteiger partial charge in [0.05, 0.1) is 6.26 Å². The molecule has 0 radical (unpaired) electrons. The lowest BCUT2D eigenvalue weighted by Crippen LogP contribution is -2.09. The van der Waals surface area contributed by atoms with Crippen molar-refractivity contribution in [3.63, 3.8) is 0 Å². The fourth-order valence-corrected chi connectivity index (χ4v) is 3.87. The van der Waals surface area contributed by atoms with Gasteiger partial charge in [0.15, 0.2) is 0 Å². The van der Waals surface area contributed by atoms with Crippen LogP contribution in [-0.2, 0) is 24.0 Å². The maximum atomic E-state index is 4.96. The summed E-state index contributed by atoms with van der Waals surface area (Å²) in [5.41, 5.74) is 9.10. The smallest absolute Gasteiger partial charge is 0.106 e. The molecular weight excluding hydrogens is 316 g/mol. The molecule has 0 saturated carbocycles. The first-order chi connectivity index (χ1) is 12.9. The molecular formula is C25H24O. The van der Waals surface area contributed by atoms with Gasteiger partial charge in [0.25, 0.3) is 0 Å².